The van der Waals surface area contributed by atoms with Gasteiger partial charge >= 0.3 is 0 Å². The number of nitrogens with zero attached hydrogens (tertiary/aromatic N) is 2. The molecule has 1 aliphatic carbocycles. The maximum atomic E-state index is 5.91. The Hall–Kier alpha value is -0.120. The molecule has 3 heteroatoms. The van der Waals surface area contributed by atoms with Gasteiger partial charge in [-0.15, -0.1) is 0 Å². The molecule has 1 saturated heterocycles. The molecule has 2 fully saturated rings. The predicted octanol–water partition coefficient (Wildman–Crippen LogP) is 1.78. The monoisotopic (exact) mass is 226 g/mol. The average Bonchev–Trinajstić information content (AvgIpc) is 2.93. The van der Waals surface area contributed by atoms with Crippen molar-refractivity contribution in [2.24, 2.45) is 5.41 Å². The molecule has 2 atom stereocenters. The van der Waals surface area contributed by atoms with Gasteiger partial charge in [-0.2, -0.15) is 0 Å². The first-order valence-corrected chi connectivity index (χ1v) is 6.53. The molecule has 94 valence electrons. The SMILES string of the molecule is CN(C)CCN(C)C1OC1C1(C)CCCC1. The first kappa shape index (κ1) is 12.3. The van der Waals surface area contributed by atoms with Crippen molar-refractivity contribution in [3.05, 3.63) is 0 Å². The van der Waals surface area contributed by atoms with Gasteiger partial charge in [0, 0.05) is 13.1 Å². The van der Waals surface area contributed by atoms with Gasteiger partial charge in [0.15, 0.2) is 0 Å². The fraction of sp³-hybridized carbons (Fsp3) is 1.00. The standard InChI is InChI=1S/C13H26N2O/c1-13(7-5-6-8-13)11-12(16-11)15(4)10-9-14(2)3/h11-12H,5-10H2,1-4H3. The van der Waals surface area contributed by atoms with Crippen LogP contribution in [0.2, 0.25) is 0 Å². The largest absolute Gasteiger partial charge is 0.352 e. The lowest BCUT2D eigenvalue weighted by molar-refractivity contribution is 0.187. The Balaban J connectivity index is 1.77. The molecule has 1 aliphatic heterocycles. The third-order valence-corrected chi connectivity index (χ3v) is 4.24. The van der Waals surface area contributed by atoms with Crippen molar-refractivity contribution in [3.8, 4) is 0 Å². The zero-order valence-corrected chi connectivity index (χ0v) is 11.2. The number of hydrogen-bond donors (Lipinski definition) is 0. The van der Waals surface area contributed by atoms with Crippen LogP contribution in [0.1, 0.15) is 32.6 Å². The van der Waals surface area contributed by atoms with Crippen LogP contribution in [0.3, 0.4) is 0 Å². The minimum Gasteiger partial charge on any atom is -0.352 e. The van der Waals surface area contributed by atoms with Crippen molar-refractivity contribution in [1.82, 2.24) is 9.80 Å². The summed E-state index contributed by atoms with van der Waals surface area (Å²) in [6.07, 6.45) is 6.39. The molecule has 16 heavy (non-hydrogen) atoms. The van der Waals surface area contributed by atoms with E-state index in [0.717, 1.165) is 13.1 Å². The first-order valence-electron chi connectivity index (χ1n) is 6.53. The lowest BCUT2D eigenvalue weighted by Gasteiger charge is -2.23. The lowest BCUT2D eigenvalue weighted by Crippen LogP contribution is -2.34. The van der Waals surface area contributed by atoms with Gasteiger partial charge in [0.25, 0.3) is 0 Å². The van der Waals surface area contributed by atoms with Crippen LogP contribution in [0, 0.1) is 5.41 Å². The maximum absolute atomic E-state index is 5.91. The summed E-state index contributed by atoms with van der Waals surface area (Å²) in [5.41, 5.74) is 0.469. The highest BCUT2D eigenvalue weighted by Crippen LogP contribution is 2.50. The highest BCUT2D eigenvalue weighted by molar-refractivity contribution is 4.99. The van der Waals surface area contributed by atoms with Crippen molar-refractivity contribution in [1.29, 1.82) is 0 Å². The van der Waals surface area contributed by atoms with Crippen molar-refractivity contribution < 1.29 is 4.74 Å². The summed E-state index contributed by atoms with van der Waals surface area (Å²) in [5.74, 6) is 0. The minimum atomic E-state index is 0.392. The van der Waals surface area contributed by atoms with E-state index in [1.54, 1.807) is 0 Å². The van der Waals surface area contributed by atoms with Crippen LogP contribution < -0.4 is 0 Å². The Morgan fingerprint density at radius 3 is 2.31 bits per heavy atom. The van der Waals surface area contributed by atoms with Crippen LogP contribution in [0.15, 0.2) is 0 Å². The minimum absolute atomic E-state index is 0.392. The molecule has 2 rings (SSSR count). The fourth-order valence-electron chi connectivity index (χ4n) is 2.90. The van der Waals surface area contributed by atoms with Crippen LogP contribution in [-0.4, -0.2) is 56.4 Å². The predicted molar refractivity (Wildman–Crippen MR) is 66.4 cm³/mol. The van der Waals surface area contributed by atoms with Gasteiger partial charge in [0.05, 0.1) is 0 Å². The Bertz CT molecular complexity index is 236. The third kappa shape index (κ3) is 2.58. The van der Waals surface area contributed by atoms with Gasteiger partial charge < -0.3 is 9.64 Å². The number of epoxide rings is 1. The molecule has 0 N–H and O–H groups in total. The second-order valence-corrected chi connectivity index (χ2v) is 6.09. The molecule has 0 aromatic heterocycles. The van der Waals surface area contributed by atoms with E-state index in [1.807, 2.05) is 0 Å². The highest BCUT2D eigenvalue weighted by atomic mass is 16.6. The highest BCUT2D eigenvalue weighted by Gasteiger charge is 2.54. The molecule has 0 aromatic carbocycles. The zero-order chi connectivity index (χ0) is 11.8. The van der Waals surface area contributed by atoms with Crippen LogP contribution in [0.4, 0.5) is 0 Å². The molecule has 1 saturated carbocycles. The molecule has 2 unspecified atom stereocenters. The average molecular weight is 226 g/mol. The molecular formula is C13H26N2O. The normalized spacial score (nSPS) is 32.6. The van der Waals surface area contributed by atoms with Crippen LogP contribution in [0.5, 0.6) is 0 Å². The van der Waals surface area contributed by atoms with E-state index in [1.165, 1.54) is 25.7 Å². The summed E-state index contributed by atoms with van der Waals surface area (Å²) in [7, 11) is 6.43. The second-order valence-electron chi connectivity index (χ2n) is 6.09. The lowest BCUT2D eigenvalue weighted by atomic mass is 9.84. The van der Waals surface area contributed by atoms with Gasteiger partial charge in [-0.3, -0.25) is 4.90 Å². The van der Waals surface area contributed by atoms with E-state index in [-0.39, 0.29) is 0 Å². The summed E-state index contributed by atoms with van der Waals surface area (Å²) in [5, 5.41) is 0. The summed E-state index contributed by atoms with van der Waals surface area (Å²) in [6, 6.07) is 0. The Kier molecular flexibility index (Phi) is 3.57. The molecule has 0 bridgehead atoms. The number of likely N-dealkylation sites (N-methyl/N-ethyl adjacent to an activating group) is 2. The van der Waals surface area contributed by atoms with Crippen molar-refractivity contribution >= 4 is 0 Å². The molecule has 2 aliphatic rings. The van der Waals surface area contributed by atoms with Crippen LogP contribution in [-0.2, 0) is 4.74 Å². The topological polar surface area (TPSA) is 19.0 Å². The van der Waals surface area contributed by atoms with E-state index in [9.17, 15) is 0 Å². The van der Waals surface area contributed by atoms with E-state index < -0.39 is 0 Å². The van der Waals surface area contributed by atoms with Gasteiger partial charge in [-0.1, -0.05) is 19.8 Å². The fourth-order valence-corrected chi connectivity index (χ4v) is 2.90. The second kappa shape index (κ2) is 4.63. The van der Waals surface area contributed by atoms with E-state index in [4.69, 9.17) is 4.74 Å². The number of rotatable bonds is 5. The molecule has 0 aromatic rings. The van der Waals surface area contributed by atoms with Gasteiger partial charge in [0.1, 0.15) is 12.3 Å². The van der Waals surface area contributed by atoms with Crippen LogP contribution >= 0.6 is 0 Å². The van der Waals surface area contributed by atoms with Crippen molar-refractivity contribution in [2.75, 3.05) is 34.2 Å². The van der Waals surface area contributed by atoms with Crippen LogP contribution in [0.25, 0.3) is 0 Å². The number of hydrogen-bond acceptors (Lipinski definition) is 3. The molecule has 0 spiro atoms. The molecule has 0 amide bonds. The zero-order valence-electron chi connectivity index (χ0n) is 11.2. The van der Waals surface area contributed by atoms with E-state index in [2.05, 4.69) is 37.9 Å². The Labute approximate surface area is 99.7 Å². The maximum Gasteiger partial charge on any atom is 0.138 e. The molecular weight excluding hydrogens is 200 g/mol. The third-order valence-electron chi connectivity index (χ3n) is 4.24. The van der Waals surface area contributed by atoms with Crippen molar-refractivity contribution in [2.45, 2.75) is 44.9 Å². The van der Waals surface area contributed by atoms with Gasteiger partial charge in [0.2, 0.25) is 0 Å². The smallest absolute Gasteiger partial charge is 0.138 e. The summed E-state index contributed by atoms with van der Waals surface area (Å²) in [4.78, 5) is 4.60. The van der Waals surface area contributed by atoms with E-state index >= 15 is 0 Å². The Morgan fingerprint density at radius 1 is 1.12 bits per heavy atom. The molecule has 1 heterocycles. The summed E-state index contributed by atoms with van der Waals surface area (Å²) >= 11 is 0. The van der Waals surface area contributed by atoms with Gasteiger partial charge in [-0.25, -0.2) is 0 Å². The molecule has 0 radical (unpaired) electrons. The van der Waals surface area contributed by atoms with Gasteiger partial charge in [-0.05, 0) is 39.4 Å². The van der Waals surface area contributed by atoms with Crippen molar-refractivity contribution in [3.63, 3.8) is 0 Å². The summed E-state index contributed by atoms with van der Waals surface area (Å²) < 4.78 is 5.91. The Morgan fingerprint density at radius 2 is 1.75 bits per heavy atom. The molecule has 3 nitrogen and oxygen atoms in total. The first-order chi connectivity index (χ1) is 7.53. The summed E-state index contributed by atoms with van der Waals surface area (Å²) in [6.45, 7) is 4.62. The van der Waals surface area contributed by atoms with E-state index in [0.29, 0.717) is 17.7 Å². The quantitative estimate of drug-likeness (QED) is 0.666. The number of ether oxygens (including phenoxy) is 1.